The van der Waals surface area contributed by atoms with Crippen LogP contribution in [0.1, 0.15) is 24.0 Å². The summed E-state index contributed by atoms with van der Waals surface area (Å²) in [6, 6.07) is 21.4. The molecule has 38 heavy (non-hydrogen) atoms. The maximum atomic E-state index is 13.1. The first-order valence-corrected chi connectivity index (χ1v) is 12.3. The quantitative estimate of drug-likeness (QED) is 0.247. The smallest absolute Gasteiger partial charge is 0.240 e. The van der Waals surface area contributed by atoms with Gasteiger partial charge in [0.2, 0.25) is 11.8 Å². The molecule has 0 saturated heterocycles. The Hall–Kier alpha value is -4.85. The number of halogens is 1. The first-order valence-electron chi connectivity index (χ1n) is 12.3. The van der Waals surface area contributed by atoms with E-state index >= 15 is 0 Å². The van der Waals surface area contributed by atoms with Crippen molar-refractivity contribution in [3.63, 3.8) is 0 Å². The molecule has 2 amide bonds. The Kier molecular flexibility index (Phi) is 5.92. The summed E-state index contributed by atoms with van der Waals surface area (Å²) in [5.74, 6) is -1.10. The molecule has 1 fully saturated rings. The van der Waals surface area contributed by atoms with Crippen LogP contribution < -0.4 is 10.6 Å². The van der Waals surface area contributed by atoms with Crippen LogP contribution in [-0.2, 0) is 16.0 Å². The number of rotatable bonds is 7. The first-order chi connectivity index (χ1) is 18.5. The largest absolute Gasteiger partial charge is 0.325 e. The second-order valence-electron chi connectivity index (χ2n) is 9.56. The lowest BCUT2D eigenvalue weighted by atomic mass is 9.99. The zero-order chi connectivity index (χ0) is 26.1. The predicted octanol–water partition coefficient (Wildman–Crippen LogP) is 5.71. The van der Waals surface area contributed by atoms with Gasteiger partial charge in [0.15, 0.2) is 0 Å². The van der Waals surface area contributed by atoms with Crippen LogP contribution in [0.2, 0.25) is 0 Å². The van der Waals surface area contributed by atoms with Crippen LogP contribution in [0.4, 0.5) is 15.8 Å². The zero-order valence-corrected chi connectivity index (χ0v) is 20.4. The summed E-state index contributed by atoms with van der Waals surface area (Å²) >= 11 is 0. The Morgan fingerprint density at radius 1 is 0.868 bits per heavy atom. The normalized spacial score (nSPS) is 13.7. The molecular formula is C30H24FN5O2. The van der Waals surface area contributed by atoms with Crippen molar-refractivity contribution >= 4 is 34.1 Å². The van der Waals surface area contributed by atoms with E-state index in [0.29, 0.717) is 30.6 Å². The molecule has 0 atom stereocenters. The van der Waals surface area contributed by atoms with E-state index in [1.54, 1.807) is 6.20 Å². The van der Waals surface area contributed by atoms with Gasteiger partial charge >= 0.3 is 0 Å². The minimum absolute atomic E-state index is 0.335. The van der Waals surface area contributed by atoms with E-state index in [9.17, 15) is 14.0 Å². The molecule has 1 aliphatic carbocycles. The number of hydrogen-bond acceptors (Lipinski definition) is 4. The number of aromatic amines is 1. The third-order valence-electron chi connectivity index (χ3n) is 6.99. The van der Waals surface area contributed by atoms with Crippen LogP contribution in [0, 0.1) is 11.2 Å². The van der Waals surface area contributed by atoms with Gasteiger partial charge in [0.05, 0.1) is 11.7 Å². The summed E-state index contributed by atoms with van der Waals surface area (Å²) in [6.07, 6.45) is 7.12. The Morgan fingerprint density at radius 2 is 1.55 bits per heavy atom. The lowest BCUT2D eigenvalue weighted by Crippen LogP contribution is -2.35. The molecule has 0 bridgehead atoms. The maximum Gasteiger partial charge on any atom is 0.240 e. The summed E-state index contributed by atoms with van der Waals surface area (Å²) < 4.78 is 13.1. The molecule has 6 rings (SSSR count). The van der Waals surface area contributed by atoms with Gasteiger partial charge in [-0.2, -0.15) is 5.10 Å². The third kappa shape index (κ3) is 4.64. The molecule has 8 heteroatoms. The number of pyridine rings is 1. The second-order valence-corrected chi connectivity index (χ2v) is 9.56. The Labute approximate surface area is 218 Å². The van der Waals surface area contributed by atoms with Crippen molar-refractivity contribution in [3.05, 3.63) is 108 Å². The summed E-state index contributed by atoms with van der Waals surface area (Å²) in [7, 11) is 0. The van der Waals surface area contributed by atoms with E-state index < -0.39 is 5.41 Å². The molecule has 0 unspecified atom stereocenters. The summed E-state index contributed by atoms with van der Waals surface area (Å²) in [5.41, 5.74) is 5.21. The van der Waals surface area contributed by atoms with Crippen molar-refractivity contribution in [2.24, 2.45) is 5.41 Å². The van der Waals surface area contributed by atoms with E-state index in [4.69, 9.17) is 0 Å². The van der Waals surface area contributed by atoms with Crippen molar-refractivity contribution in [1.82, 2.24) is 15.2 Å². The monoisotopic (exact) mass is 505 g/mol. The van der Waals surface area contributed by atoms with Gasteiger partial charge < -0.3 is 10.6 Å². The highest BCUT2D eigenvalue weighted by Gasteiger charge is 2.56. The molecule has 0 radical (unpaired) electrons. The molecule has 1 aliphatic rings. The number of carbonyl (C=O) groups excluding carboxylic acids is 2. The number of nitrogens with one attached hydrogen (secondary N) is 3. The van der Waals surface area contributed by atoms with Gasteiger partial charge in [-0.15, -0.1) is 0 Å². The fraction of sp³-hybridized carbons (Fsp3) is 0.133. The minimum Gasteiger partial charge on any atom is -0.325 e. The Balaban J connectivity index is 1.13. The van der Waals surface area contributed by atoms with Gasteiger partial charge in [-0.05, 0) is 84.5 Å². The number of aromatic nitrogens is 3. The lowest BCUT2D eigenvalue weighted by molar-refractivity contribution is -0.131. The molecule has 1 saturated carbocycles. The first kappa shape index (κ1) is 23.5. The van der Waals surface area contributed by atoms with E-state index in [2.05, 4.69) is 44.0 Å². The fourth-order valence-corrected chi connectivity index (χ4v) is 4.59. The van der Waals surface area contributed by atoms with Crippen molar-refractivity contribution in [1.29, 1.82) is 0 Å². The number of anilines is 2. The van der Waals surface area contributed by atoms with Crippen molar-refractivity contribution in [3.8, 4) is 11.1 Å². The van der Waals surface area contributed by atoms with Crippen molar-refractivity contribution in [2.45, 2.75) is 19.3 Å². The number of nitrogens with zero attached hydrogens (tertiary/aromatic N) is 2. The van der Waals surface area contributed by atoms with E-state index in [1.165, 1.54) is 24.3 Å². The Bertz CT molecular complexity index is 1630. The van der Waals surface area contributed by atoms with Crippen LogP contribution in [0.15, 0.2) is 91.4 Å². The lowest BCUT2D eigenvalue weighted by Gasteiger charge is -2.16. The van der Waals surface area contributed by atoms with Crippen LogP contribution in [0.25, 0.3) is 22.0 Å². The van der Waals surface area contributed by atoms with Crippen molar-refractivity contribution < 1.29 is 14.0 Å². The van der Waals surface area contributed by atoms with Gasteiger partial charge in [0, 0.05) is 34.7 Å². The molecule has 0 aliphatic heterocycles. The number of benzene rings is 3. The molecule has 3 aromatic carbocycles. The van der Waals surface area contributed by atoms with Gasteiger partial charge in [0.1, 0.15) is 11.2 Å². The number of fused-ring (bicyclic) bond motifs is 1. The number of hydrogen-bond donors (Lipinski definition) is 3. The average molecular weight is 506 g/mol. The number of amides is 2. The molecule has 5 aromatic rings. The molecular weight excluding hydrogens is 481 g/mol. The van der Waals surface area contributed by atoms with Crippen molar-refractivity contribution in [2.75, 3.05) is 10.6 Å². The Morgan fingerprint density at radius 3 is 2.18 bits per heavy atom. The van der Waals surface area contributed by atoms with Gasteiger partial charge in [-0.3, -0.25) is 19.7 Å². The standard InChI is InChI=1S/C30H24FN5O2/c31-23-4-8-25(9-5-23)36-29(38)30(12-13-30)28(37)35-24-6-1-19(2-7-24)15-21-11-14-32-27-16-20(3-10-26(21)27)22-17-33-34-18-22/h1-11,14,16-18H,12-13,15H2,(H,33,34)(H,35,37)(H,36,38). The molecule has 2 heterocycles. The summed E-state index contributed by atoms with van der Waals surface area (Å²) in [4.78, 5) is 30.3. The predicted molar refractivity (Wildman–Crippen MR) is 144 cm³/mol. The summed E-state index contributed by atoms with van der Waals surface area (Å²) in [6.45, 7) is 0. The maximum absolute atomic E-state index is 13.1. The van der Waals surface area contributed by atoms with Gasteiger partial charge in [-0.1, -0.05) is 24.3 Å². The number of H-pyrrole nitrogens is 1. The highest BCUT2D eigenvalue weighted by Crippen LogP contribution is 2.47. The second kappa shape index (κ2) is 9.55. The van der Waals surface area contributed by atoms with E-state index in [0.717, 1.165) is 33.2 Å². The SMILES string of the molecule is O=C(Nc1ccc(F)cc1)C1(C(=O)Nc2ccc(Cc3ccnc4cc(-c5cn[nH]c5)ccc34)cc2)CC1. The fourth-order valence-electron chi connectivity index (χ4n) is 4.59. The van der Waals surface area contributed by atoms with E-state index in [1.807, 2.05) is 42.7 Å². The van der Waals surface area contributed by atoms with Gasteiger partial charge in [-0.25, -0.2) is 4.39 Å². The molecule has 7 nitrogen and oxygen atoms in total. The minimum atomic E-state index is -1.10. The third-order valence-corrected chi connectivity index (χ3v) is 6.99. The topological polar surface area (TPSA) is 99.8 Å². The van der Waals surface area contributed by atoms with Gasteiger partial charge in [0.25, 0.3) is 0 Å². The highest BCUT2D eigenvalue weighted by atomic mass is 19.1. The van der Waals surface area contributed by atoms with Crippen LogP contribution >= 0.6 is 0 Å². The summed E-state index contributed by atoms with van der Waals surface area (Å²) in [5, 5.41) is 13.5. The zero-order valence-electron chi connectivity index (χ0n) is 20.4. The van der Waals surface area contributed by atoms with Crippen LogP contribution in [0.5, 0.6) is 0 Å². The average Bonchev–Trinajstić information content (AvgIpc) is 3.57. The van der Waals surface area contributed by atoms with Crippen LogP contribution in [0.3, 0.4) is 0 Å². The molecule has 2 aromatic heterocycles. The van der Waals surface area contributed by atoms with Crippen LogP contribution in [-0.4, -0.2) is 27.0 Å². The molecule has 3 N–H and O–H groups in total. The molecule has 188 valence electrons. The van der Waals surface area contributed by atoms with E-state index in [-0.39, 0.29) is 17.6 Å². The number of carbonyl (C=O) groups is 2. The molecule has 0 spiro atoms. The highest BCUT2D eigenvalue weighted by molar-refractivity contribution is 6.16.